The number of esters is 1. The number of H-pyrrole nitrogens is 1. The van der Waals surface area contributed by atoms with Crippen LogP contribution in [0.5, 0.6) is 0 Å². The lowest BCUT2D eigenvalue weighted by Gasteiger charge is -2.19. The summed E-state index contributed by atoms with van der Waals surface area (Å²) in [4.78, 5) is 26.7. The van der Waals surface area contributed by atoms with E-state index >= 15 is 0 Å². The molecule has 20 heavy (non-hydrogen) atoms. The third-order valence-electron chi connectivity index (χ3n) is 3.53. The van der Waals surface area contributed by atoms with E-state index in [1.807, 2.05) is 0 Å². The largest absolute Gasteiger partial charge is 0.462 e. The van der Waals surface area contributed by atoms with E-state index in [1.165, 1.54) is 0 Å². The van der Waals surface area contributed by atoms with E-state index in [-0.39, 0.29) is 11.5 Å². The van der Waals surface area contributed by atoms with E-state index in [4.69, 9.17) is 4.74 Å². The Morgan fingerprint density at radius 2 is 2.25 bits per heavy atom. The van der Waals surface area contributed by atoms with Crippen molar-refractivity contribution in [1.82, 2.24) is 4.98 Å². The SMILES string of the molecule is CCOC(=O)c1ccc2[nH]c(=O)c3c(c2c1)NCCC3. The third-order valence-corrected chi connectivity index (χ3v) is 3.53. The zero-order chi connectivity index (χ0) is 14.1. The number of aromatic amines is 1. The summed E-state index contributed by atoms with van der Waals surface area (Å²) in [5.41, 5.74) is 2.80. The quantitative estimate of drug-likeness (QED) is 0.821. The molecule has 5 heteroatoms. The van der Waals surface area contributed by atoms with Gasteiger partial charge in [-0.15, -0.1) is 0 Å². The second-order valence-electron chi connectivity index (χ2n) is 4.82. The summed E-state index contributed by atoms with van der Waals surface area (Å²) in [7, 11) is 0. The molecular weight excluding hydrogens is 256 g/mol. The van der Waals surface area contributed by atoms with Crippen molar-refractivity contribution >= 4 is 22.6 Å². The number of benzene rings is 1. The number of pyridine rings is 1. The van der Waals surface area contributed by atoms with Crippen LogP contribution in [0, 0.1) is 0 Å². The van der Waals surface area contributed by atoms with Gasteiger partial charge >= 0.3 is 5.97 Å². The fourth-order valence-electron chi connectivity index (χ4n) is 2.59. The highest BCUT2D eigenvalue weighted by molar-refractivity contribution is 5.99. The topological polar surface area (TPSA) is 71.2 Å². The van der Waals surface area contributed by atoms with Crippen LogP contribution in [0.25, 0.3) is 10.9 Å². The Kier molecular flexibility index (Phi) is 3.18. The lowest BCUT2D eigenvalue weighted by molar-refractivity contribution is 0.0526. The molecule has 5 nitrogen and oxygen atoms in total. The van der Waals surface area contributed by atoms with Crippen LogP contribution in [0.2, 0.25) is 0 Å². The maximum Gasteiger partial charge on any atom is 0.338 e. The van der Waals surface area contributed by atoms with Crippen LogP contribution >= 0.6 is 0 Å². The lowest BCUT2D eigenvalue weighted by atomic mass is 10.0. The Morgan fingerprint density at radius 3 is 3.05 bits per heavy atom. The standard InChI is InChI=1S/C15H16N2O3/c1-2-20-15(19)9-5-6-12-11(8-9)13-10(14(18)17-12)4-3-7-16-13/h5-6,8,16H,2-4,7H2,1H3,(H,17,18). The number of carbonyl (C=O) groups excluding carboxylic acids is 1. The monoisotopic (exact) mass is 272 g/mol. The van der Waals surface area contributed by atoms with Gasteiger partial charge in [-0.3, -0.25) is 4.79 Å². The average Bonchev–Trinajstić information content (AvgIpc) is 2.47. The molecule has 0 saturated carbocycles. The first-order valence-electron chi connectivity index (χ1n) is 6.80. The summed E-state index contributed by atoms with van der Waals surface area (Å²) >= 11 is 0. The fraction of sp³-hybridized carbons (Fsp3) is 0.333. The zero-order valence-electron chi connectivity index (χ0n) is 11.3. The normalized spacial score (nSPS) is 13.7. The molecule has 2 N–H and O–H groups in total. The minimum absolute atomic E-state index is 0.0522. The number of ether oxygens (including phenoxy) is 1. The summed E-state index contributed by atoms with van der Waals surface area (Å²) in [6.07, 6.45) is 1.70. The maximum atomic E-state index is 12.0. The highest BCUT2D eigenvalue weighted by atomic mass is 16.5. The van der Waals surface area contributed by atoms with Crippen molar-refractivity contribution in [2.75, 3.05) is 18.5 Å². The van der Waals surface area contributed by atoms with Crippen molar-refractivity contribution < 1.29 is 9.53 Å². The Bertz CT molecular complexity index is 734. The summed E-state index contributed by atoms with van der Waals surface area (Å²) in [6.45, 7) is 2.97. The predicted octanol–water partition coefficient (Wildman–Crippen LogP) is 2.06. The molecule has 2 aromatic rings. The molecule has 0 unspecified atom stereocenters. The Labute approximate surface area is 116 Å². The number of fused-ring (bicyclic) bond motifs is 3. The third kappa shape index (κ3) is 2.05. The van der Waals surface area contributed by atoms with Gasteiger partial charge in [0.2, 0.25) is 0 Å². The molecule has 0 bridgehead atoms. The zero-order valence-corrected chi connectivity index (χ0v) is 11.3. The molecule has 0 aliphatic carbocycles. The maximum absolute atomic E-state index is 12.0. The van der Waals surface area contributed by atoms with Crippen LogP contribution in [-0.4, -0.2) is 24.1 Å². The van der Waals surface area contributed by atoms with Gasteiger partial charge in [-0.2, -0.15) is 0 Å². The molecule has 0 radical (unpaired) electrons. The lowest BCUT2D eigenvalue weighted by Crippen LogP contribution is -2.22. The molecule has 3 rings (SSSR count). The van der Waals surface area contributed by atoms with E-state index in [2.05, 4.69) is 10.3 Å². The van der Waals surface area contributed by atoms with Gasteiger partial charge in [0.05, 0.1) is 23.4 Å². The Balaban J connectivity index is 2.20. The van der Waals surface area contributed by atoms with Crippen molar-refractivity contribution in [2.45, 2.75) is 19.8 Å². The predicted molar refractivity (Wildman–Crippen MR) is 77.3 cm³/mol. The minimum atomic E-state index is -0.342. The summed E-state index contributed by atoms with van der Waals surface area (Å²) in [6, 6.07) is 5.20. The number of rotatable bonds is 2. The van der Waals surface area contributed by atoms with E-state index in [9.17, 15) is 9.59 Å². The highest BCUT2D eigenvalue weighted by Gasteiger charge is 2.17. The molecule has 2 heterocycles. The molecule has 104 valence electrons. The summed E-state index contributed by atoms with van der Waals surface area (Å²) in [5.74, 6) is -0.342. The van der Waals surface area contributed by atoms with Crippen LogP contribution in [0.4, 0.5) is 5.69 Å². The highest BCUT2D eigenvalue weighted by Crippen LogP contribution is 2.28. The first kappa shape index (κ1) is 12.7. The van der Waals surface area contributed by atoms with E-state index in [0.717, 1.165) is 41.5 Å². The van der Waals surface area contributed by atoms with Crippen LogP contribution in [0.1, 0.15) is 29.3 Å². The molecule has 0 atom stereocenters. The number of hydrogen-bond acceptors (Lipinski definition) is 4. The van der Waals surface area contributed by atoms with Gasteiger partial charge in [-0.25, -0.2) is 4.79 Å². The molecule has 0 fully saturated rings. The van der Waals surface area contributed by atoms with Gasteiger partial charge in [-0.05, 0) is 38.0 Å². The van der Waals surface area contributed by atoms with Crippen LogP contribution in [-0.2, 0) is 11.2 Å². The van der Waals surface area contributed by atoms with E-state index < -0.39 is 0 Å². The van der Waals surface area contributed by atoms with Gasteiger partial charge < -0.3 is 15.0 Å². The van der Waals surface area contributed by atoms with Crippen LogP contribution in [0.3, 0.4) is 0 Å². The molecule has 0 spiro atoms. The molecule has 1 aromatic heterocycles. The van der Waals surface area contributed by atoms with Gasteiger partial charge in [0.15, 0.2) is 0 Å². The molecular formula is C15H16N2O3. The first-order valence-corrected chi connectivity index (χ1v) is 6.80. The molecule has 1 aliphatic heterocycles. The van der Waals surface area contributed by atoms with Crippen molar-refractivity contribution in [3.63, 3.8) is 0 Å². The number of anilines is 1. The summed E-state index contributed by atoms with van der Waals surface area (Å²) in [5, 5.41) is 4.14. The number of nitrogens with one attached hydrogen (secondary N) is 2. The molecule has 1 aliphatic rings. The first-order chi connectivity index (χ1) is 9.70. The number of hydrogen-bond donors (Lipinski definition) is 2. The van der Waals surface area contributed by atoms with E-state index in [0.29, 0.717) is 12.2 Å². The van der Waals surface area contributed by atoms with Crippen LogP contribution < -0.4 is 10.9 Å². The average molecular weight is 272 g/mol. The van der Waals surface area contributed by atoms with Gasteiger partial charge in [0, 0.05) is 17.5 Å². The summed E-state index contributed by atoms with van der Waals surface area (Å²) < 4.78 is 5.01. The smallest absolute Gasteiger partial charge is 0.338 e. The number of carbonyl (C=O) groups is 1. The minimum Gasteiger partial charge on any atom is -0.462 e. The van der Waals surface area contributed by atoms with Gasteiger partial charge in [-0.1, -0.05) is 0 Å². The van der Waals surface area contributed by atoms with Crippen LogP contribution in [0.15, 0.2) is 23.0 Å². The van der Waals surface area contributed by atoms with Crippen molar-refractivity contribution in [2.24, 2.45) is 0 Å². The van der Waals surface area contributed by atoms with Gasteiger partial charge in [0.25, 0.3) is 5.56 Å². The second kappa shape index (κ2) is 5.00. The molecule has 0 amide bonds. The van der Waals surface area contributed by atoms with E-state index in [1.54, 1.807) is 25.1 Å². The fourth-order valence-corrected chi connectivity index (χ4v) is 2.59. The number of aromatic nitrogens is 1. The molecule has 0 saturated heterocycles. The molecule has 1 aromatic carbocycles. The van der Waals surface area contributed by atoms with Crippen molar-refractivity contribution in [3.05, 3.63) is 39.7 Å². The van der Waals surface area contributed by atoms with Crippen molar-refractivity contribution in [1.29, 1.82) is 0 Å². The Morgan fingerprint density at radius 1 is 1.40 bits per heavy atom. The Hall–Kier alpha value is -2.30. The van der Waals surface area contributed by atoms with Crippen molar-refractivity contribution in [3.8, 4) is 0 Å². The van der Waals surface area contributed by atoms with Gasteiger partial charge in [0.1, 0.15) is 0 Å². The second-order valence-corrected chi connectivity index (χ2v) is 4.82.